The van der Waals surface area contributed by atoms with Crippen LogP contribution in [0.2, 0.25) is 0 Å². The van der Waals surface area contributed by atoms with Crippen LogP contribution in [-0.2, 0) is 9.53 Å². The number of nitrogens with one attached hydrogen (secondary N) is 1. The number of rotatable bonds is 3. The fourth-order valence-electron chi connectivity index (χ4n) is 3.14. The summed E-state index contributed by atoms with van der Waals surface area (Å²) in [5.41, 5.74) is -0.223. The van der Waals surface area contributed by atoms with Crippen molar-refractivity contribution in [1.82, 2.24) is 5.32 Å². The molecule has 0 aromatic heterocycles. The number of halogens is 1. The van der Waals surface area contributed by atoms with Crippen LogP contribution in [0.25, 0.3) is 0 Å². The van der Waals surface area contributed by atoms with E-state index in [-0.39, 0.29) is 17.4 Å². The molecule has 2 rings (SSSR count). The minimum atomic E-state index is -0.223. The standard InChI is InChI=1S/C15H26ClNO2/c16-12-15(8-10-19-11-9-15)17-14(18)13-6-4-2-1-3-5-7-13/h13H,1-12H2,(H,17,18). The van der Waals surface area contributed by atoms with E-state index in [0.717, 1.165) is 25.7 Å². The molecule has 0 aromatic carbocycles. The summed E-state index contributed by atoms with van der Waals surface area (Å²) >= 11 is 6.11. The van der Waals surface area contributed by atoms with Gasteiger partial charge in [-0.25, -0.2) is 0 Å². The third kappa shape index (κ3) is 4.35. The number of carbonyl (C=O) groups excluding carboxylic acids is 1. The molecule has 2 fully saturated rings. The quantitative estimate of drug-likeness (QED) is 0.809. The lowest BCUT2D eigenvalue weighted by Crippen LogP contribution is -2.55. The predicted molar refractivity (Wildman–Crippen MR) is 77.5 cm³/mol. The molecule has 1 aliphatic carbocycles. The Morgan fingerprint density at radius 1 is 1.11 bits per heavy atom. The number of hydrogen-bond acceptors (Lipinski definition) is 2. The fraction of sp³-hybridized carbons (Fsp3) is 0.933. The van der Waals surface area contributed by atoms with Gasteiger partial charge >= 0.3 is 0 Å². The zero-order valence-corrected chi connectivity index (χ0v) is 12.5. The van der Waals surface area contributed by atoms with Gasteiger partial charge in [-0.2, -0.15) is 0 Å². The third-order valence-electron chi connectivity index (χ3n) is 4.57. The van der Waals surface area contributed by atoms with Gasteiger partial charge in [-0.3, -0.25) is 4.79 Å². The fourth-order valence-corrected chi connectivity index (χ4v) is 3.47. The van der Waals surface area contributed by atoms with Crippen LogP contribution in [0, 0.1) is 5.92 Å². The molecule has 2 aliphatic rings. The van der Waals surface area contributed by atoms with Crippen molar-refractivity contribution in [3.05, 3.63) is 0 Å². The molecular weight excluding hydrogens is 262 g/mol. The summed E-state index contributed by atoms with van der Waals surface area (Å²) in [5, 5.41) is 3.25. The first-order chi connectivity index (χ1) is 9.26. The van der Waals surface area contributed by atoms with Crippen LogP contribution in [0.15, 0.2) is 0 Å². The molecule has 1 amide bonds. The molecule has 1 heterocycles. The highest BCUT2D eigenvalue weighted by Crippen LogP contribution is 2.26. The van der Waals surface area contributed by atoms with Gasteiger partial charge in [-0.1, -0.05) is 32.1 Å². The van der Waals surface area contributed by atoms with Crippen LogP contribution in [0.4, 0.5) is 0 Å². The Morgan fingerprint density at radius 2 is 1.68 bits per heavy atom. The first-order valence-electron chi connectivity index (χ1n) is 7.71. The Hall–Kier alpha value is -0.280. The molecule has 0 unspecified atom stereocenters. The van der Waals surface area contributed by atoms with Crippen molar-refractivity contribution in [2.45, 2.75) is 63.3 Å². The number of carbonyl (C=O) groups is 1. The summed E-state index contributed by atoms with van der Waals surface area (Å²) in [6.45, 7) is 1.41. The van der Waals surface area contributed by atoms with Crippen molar-refractivity contribution in [2.24, 2.45) is 5.92 Å². The van der Waals surface area contributed by atoms with E-state index in [1.807, 2.05) is 0 Å². The second-order valence-electron chi connectivity index (χ2n) is 6.06. The first kappa shape index (κ1) is 15.1. The van der Waals surface area contributed by atoms with Gasteiger partial charge in [0.2, 0.25) is 5.91 Å². The molecule has 1 aliphatic heterocycles. The molecule has 0 radical (unpaired) electrons. The number of ether oxygens (including phenoxy) is 1. The van der Waals surface area contributed by atoms with E-state index in [1.165, 1.54) is 32.1 Å². The molecule has 0 spiro atoms. The van der Waals surface area contributed by atoms with Gasteiger partial charge in [0.15, 0.2) is 0 Å². The van der Waals surface area contributed by atoms with Gasteiger partial charge in [-0.05, 0) is 25.7 Å². The van der Waals surface area contributed by atoms with Crippen LogP contribution in [-0.4, -0.2) is 30.5 Å². The van der Waals surface area contributed by atoms with Crippen molar-refractivity contribution in [1.29, 1.82) is 0 Å². The predicted octanol–water partition coefficient (Wildman–Crippen LogP) is 3.25. The van der Waals surface area contributed by atoms with Crippen LogP contribution in [0.1, 0.15) is 57.8 Å². The van der Waals surface area contributed by atoms with Crippen LogP contribution in [0.3, 0.4) is 0 Å². The Bertz CT molecular complexity index is 282. The molecule has 4 heteroatoms. The minimum Gasteiger partial charge on any atom is -0.381 e. The van der Waals surface area contributed by atoms with Crippen molar-refractivity contribution < 1.29 is 9.53 Å². The molecule has 0 atom stereocenters. The topological polar surface area (TPSA) is 38.3 Å². The molecular formula is C15H26ClNO2. The molecule has 110 valence electrons. The van der Waals surface area contributed by atoms with Gasteiger partial charge in [0, 0.05) is 25.0 Å². The highest BCUT2D eigenvalue weighted by molar-refractivity contribution is 6.18. The lowest BCUT2D eigenvalue weighted by Gasteiger charge is -2.37. The normalized spacial score (nSPS) is 25.3. The van der Waals surface area contributed by atoms with E-state index < -0.39 is 0 Å². The van der Waals surface area contributed by atoms with Crippen molar-refractivity contribution in [2.75, 3.05) is 19.1 Å². The molecule has 0 bridgehead atoms. The number of alkyl halides is 1. The summed E-state index contributed by atoms with van der Waals surface area (Å²) in [5.74, 6) is 0.919. The average molecular weight is 288 g/mol. The van der Waals surface area contributed by atoms with Crippen molar-refractivity contribution in [3.63, 3.8) is 0 Å². The van der Waals surface area contributed by atoms with Gasteiger partial charge < -0.3 is 10.1 Å². The highest BCUT2D eigenvalue weighted by atomic mass is 35.5. The van der Waals surface area contributed by atoms with Gasteiger partial charge in [-0.15, -0.1) is 11.6 Å². The Balaban J connectivity index is 1.90. The van der Waals surface area contributed by atoms with Gasteiger partial charge in [0.25, 0.3) is 0 Å². The van der Waals surface area contributed by atoms with E-state index in [1.54, 1.807) is 0 Å². The molecule has 1 saturated heterocycles. The summed E-state index contributed by atoms with van der Waals surface area (Å²) in [6, 6.07) is 0. The van der Waals surface area contributed by atoms with E-state index in [9.17, 15) is 4.79 Å². The summed E-state index contributed by atoms with van der Waals surface area (Å²) < 4.78 is 5.38. The second kappa shape index (κ2) is 7.49. The maximum absolute atomic E-state index is 12.5. The van der Waals surface area contributed by atoms with E-state index >= 15 is 0 Å². The Labute approximate surface area is 121 Å². The minimum absolute atomic E-state index is 0.197. The average Bonchev–Trinajstić information content (AvgIpc) is 2.39. The van der Waals surface area contributed by atoms with E-state index in [2.05, 4.69) is 5.32 Å². The summed E-state index contributed by atoms with van der Waals surface area (Å²) in [7, 11) is 0. The van der Waals surface area contributed by atoms with Crippen LogP contribution >= 0.6 is 11.6 Å². The van der Waals surface area contributed by atoms with Crippen LogP contribution in [0.5, 0.6) is 0 Å². The van der Waals surface area contributed by atoms with E-state index in [4.69, 9.17) is 16.3 Å². The lowest BCUT2D eigenvalue weighted by molar-refractivity contribution is -0.128. The second-order valence-corrected chi connectivity index (χ2v) is 6.32. The third-order valence-corrected chi connectivity index (χ3v) is 5.08. The zero-order chi connectivity index (χ0) is 13.6. The lowest BCUT2D eigenvalue weighted by atomic mass is 9.87. The number of amides is 1. The smallest absolute Gasteiger partial charge is 0.223 e. The molecule has 19 heavy (non-hydrogen) atoms. The summed E-state index contributed by atoms with van der Waals surface area (Å²) in [4.78, 5) is 12.5. The Kier molecular flexibility index (Phi) is 5.96. The highest BCUT2D eigenvalue weighted by Gasteiger charge is 2.35. The van der Waals surface area contributed by atoms with Crippen LogP contribution < -0.4 is 5.32 Å². The number of hydrogen-bond donors (Lipinski definition) is 1. The van der Waals surface area contributed by atoms with Gasteiger partial charge in [0.1, 0.15) is 0 Å². The summed E-state index contributed by atoms with van der Waals surface area (Å²) in [6.07, 6.45) is 10.0. The molecule has 3 nitrogen and oxygen atoms in total. The molecule has 1 saturated carbocycles. The maximum Gasteiger partial charge on any atom is 0.223 e. The van der Waals surface area contributed by atoms with Gasteiger partial charge in [0.05, 0.1) is 5.54 Å². The van der Waals surface area contributed by atoms with Crippen molar-refractivity contribution >= 4 is 17.5 Å². The zero-order valence-electron chi connectivity index (χ0n) is 11.8. The Morgan fingerprint density at radius 3 is 2.26 bits per heavy atom. The van der Waals surface area contributed by atoms with Crippen molar-refractivity contribution in [3.8, 4) is 0 Å². The largest absolute Gasteiger partial charge is 0.381 e. The SMILES string of the molecule is O=C(NC1(CCl)CCOCC1)C1CCCCCCC1. The molecule has 0 aromatic rings. The maximum atomic E-state index is 12.5. The monoisotopic (exact) mass is 287 g/mol. The first-order valence-corrected chi connectivity index (χ1v) is 8.25. The molecule has 1 N–H and O–H groups in total. The van der Waals surface area contributed by atoms with E-state index in [0.29, 0.717) is 19.1 Å².